The van der Waals surface area contributed by atoms with Crippen molar-refractivity contribution in [3.63, 3.8) is 0 Å². The van der Waals surface area contributed by atoms with E-state index in [-0.39, 0.29) is 28.3 Å². The minimum Gasteiger partial charge on any atom is -0.379 e. The Morgan fingerprint density at radius 1 is 1.00 bits per heavy atom. The van der Waals surface area contributed by atoms with Crippen LogP contribution >= 0.6 is 0 Å². The van der Waals surface area contributed by atoms with Gasteiger partial charge in [0.25, 0.3) is 11.6 Å². The number of benzene rings is 3. The van der Waals surface area contributed by atoms with E-state index in [1.165, 1.54) is 36.4 Å². The van der Waals surface area contributed by atoms with E-state index < -0.39 is 20.9 Å². The Kier molecular flexibility index (Phi) is 6.10. The Morgan fingerprint density at radius 3 is 2.15 bits per heavy atom. The topological polar surface area (TPSA) is 107 Å². The lowest BCUT2D eigenvalue weighted by Gasteiger charge is -2.23. The molecule has 3 aromatic carbocycles. The van der Waals surface area contributed by atoms with E-state index in [4.69, 9.17) is 4.18 Å². The average Bonchev–Trinajstić information content (AvgIpc) is 3.63. The van der Waals surface area contributed by atoms with Crippen LogP contribution in [0.5, 0.6) is 5.75 Å². The Hall–Kier alpha value is -3.79. The minimum absolute atomic E-state index is 0.0856. The number of nitrogens with zero attached hydrogens (tertiary/aromatic N) is 2. The van der Waals surface area contributed by atoms with Crippen LogP contribution < -0.4 is 4.18 Å². The maximum atomic E-state index is 13.0. The van der Waals surface area contributed by atoms with E-state index in [9.17, 15) is 27.7 Å². The van der Waals surface area contributed by atoms with Gasteiger partial charge in [-0.3, -0.25) is 14.9 Å². The third-order valence-corrected chi connectivity index (χ3v) is 6.42. The Morgan fingerprint density at radius 2 is 1.61 bits per heavy atom. The molecule has 3 aromatic rings. The normalized spacial score (nSPS) is 13.4. The highest BCUT2D eigenvalue weighted by Gasteiger charge is 2.33. The molecular weight excluding hydrogens is 451 g/mol. The maximum Gasteiger partial charge on any atom is 0.339 e. The monoisotopic (exact) mass is 470 g/mol. The third-order valence-electron chi connectivity index (χ3n) is 5.16. The summed E-state index contributed by atoms with van der Waals surface area (Å²) < 4.78 is 42.8. The van der Waals surface area contributed by atoms with E-state index in [0.29, 0.717) is 12.1 Å². The number of carbonyl (C=O) groups excluding carboxylic acids is 1. The predicted molar refractivity (Wildman–Crippen MR) is 117 cm³/mol. The fraction of sp³-hybridized carbons (Fsp3) is 0.174. The summed E-state index contributed by atoms with van der Waals surface area (Å²) in [6.45, 7) is 0.297. The van der Waals surface area contributed by atoms with Crippen LogP contribution in [0.15, 0.2) is 77.7 Å². The van der Waals surface area contributed by atoms with E-state index in [1.54, 1.807) is 17.0 Å². The zero-order valence-corrected chi connectivity index (χ0v) is 18.1. The lowest BCUT2D eigenvalue weighted by Crippen LogP contribution is -2.32. The molecule has 1 aliphatic rings. The van der Waals surface area contributed by atoms with Crippen molar-refractivity contribution in [3.8, 4) is 5.75 Å². The summed E-state index contributed by atoms with van der Waals surface area (Å²) in [6.07, 6.45) is 1.74. The van der Waals surface area contributed by atoms with Crippen molar-refractivity contribution in [1.29, 1.82) is 0 Å². The first-order valence-corrected chi connectivity index (χ1v) is 11.5. The standard InChI is InChI=1S/C23H19FN2O6S/c24-18-5-13-22(14-6-18)33(30,31)32-21-11-1-16(2-12-21)15-25(19-9-10-19)23(27)17-3-7-20(8-4-17)26(28)29/h1-8,11-14,19H,9-10,15H2. The number of rotatable bonds is 8. The molecule has 1 aliphatic carbocycles. The number of nitro benzene ring substituents is 1. The number of non-ortho nitro benzene ring substituents is 1. The van der Waals surface area contributed by atoms with Crippen molar-refractivity contribution in [1.82, 2.24) is 4.90 Å². The van der Waals surface area contributed by atoms with Gasteiger partial charge in [0, 0.05) is 30.3 Å². The van der Waals surface area contributed by atoms with Gasteiger partial charge in [-0.05, 0) is 66.9 Å². The number of halogens is 1. The van der Waals surface area contributed by atoms with Crippen LogP contribution in [0.3, 0.4) is 0 Å². The largest absolute Gasteiger partial charge is 0.379 e. The quantitative estimate of drug-likeness (QED) is 0.276. The molecule has 1 fully saturated rings. The fourth-order valence-electron chi connectivity index (χ4n) is 3.27. The van der Waals surface area contributed by atoms with Gasteiger partial charge in [0.15, 0.2) is 0 Å². The van der Waals surface area contributed by atoms with Crippen LogP contribution in [0.25, 0.3) is 0 Å². The lowest BCUT2D eigenvalue weighted by molar-refractivity contribution is -0.384. The average molecular weight is 470 g/mol. The third kappa shape index (κ3) is 5.35. The number of nitro groups is 1. The predicted octanol–water partition coefficient (Wildman–Crippen LogP) is 4.31. The summed E-state index contributed by atoms with van der Waals surface area (Å²) in [5.74, 6) is -0.698. The van der Waals surface area contributed by atoms with Crippen LogP contribution in [-0.4, -0.2) is 30.2 Å². The van der Waals surface area contributed by atoms with Crippen LogP contribution in [0.4, 0.5) is 10.1 Å². The molecule has 1 saturated carbocycles. The second-order valence-electron chi connectivity index (χ2n) is 7.60. The smallest absolute Gasteiger partial charge is 0.339 e. The van der Waals surface area contributed by atoms with Crippen molar-refractivity contribution in [2.24, 2.45) is 0 Å². The van der Waals surface area contributed by atoms with E-state index in [1.807, 2.05) is 0 Å². The van der Waals surface area contributed by atoms with Crippen LogP contribution in [0.2, 0.25) is 0 Å². The molecular formula is C23H19FN2O6S. The lowest BCUT2D eigenvalue weighted by atomic mass is 10.1. The summed E-state index contributed by atoms with van der Waals surface area (Å²) >= 11 is 0. The molecule has 170 valence electrons. The molecule has 0 bridgehead atoms. The molecule has 33 heavy (non-hydrogen) atoms. The van der Waals surface area contributed by atoms with Gasteiger partial charge in [0.05, 0.1) is 4.92 Å². The molecule has 1 amide bonds. The van der Waals surface area contributed by atoms with E-state index in [0.717, 1.165) is 42.7 Å². The first-order valence-electron chi connectivity index (χ1n) is 10.1. The number of carbonyl (C=O) groups is 1. The van der Waals surface area contributed by atoms with Crippen LogP contribution in [-0.2, 0) is 16.7 Å². The first-order chi connectivity index (χ1) is 15.7. The summed E-state index contributed by atoms with van der Waals surface area (Å²) in [7, 11) is -4.11. The molecule has 8 nitrogen and oxygen atoms in total. The summed E-state index contributed by atoms with van der Waals surface area (Å²) in [4.78, 5) is 24.8. The zero-order chi connectivity index (χ0) is 23.6. The van der Waals surface area contributed by atoms with Crippen molar-refractivity contribution in [2.45, 2.75) is 30.3 Å². The Bertz CT molecular complexity index is 1270. The highest BCUT2D eigenvalue weighted by molar-refractivity contribution is 7.87. The number of hydrogen-bond donors (Lipinski definition) is 0. The second kappa shape index (κ2) is 8.99. The van der Waals surface area contributed by atoms with Crippen LogP contribution in [0, 0.1) is 15.9 Å². The number of amides is 1. The van der Waals surface area contributed by atoms with Gasteiger partial charge in [-0.1, -0.05) is 12.1 Å². The van der Waals surface area contributed by atoms with Crippen molar-refractivity contribution < 1.29 is 26.7 Å². The second-order valence-corrected chi connectivity index (χ2v) is 9.15. The van der Waals surface area contributed by atoms with Gasteiger partial charge in [-0.2, -0.15) is 8.42 Å². The summed E-state index contributed by atoms with van der Waals surface area (Å²) in [5, 5.41) is 10.8. The Labute approximate surface area is 189 Å². The van der Waals surface area contributed by atoms with Crippen molar-refractivity contribution in [3.05, 3.63) is 99.9 Å². The molecule has 4 rings (SSSR count). The SMILES string of the molecule is O=C(c1ccc([N+](=O)[O-])cc1)N(Cc1ccc(OS(=O)(=O)c2ccc(F)cc2)cc1)C1CC1. The molecule has 0 aromatic heterocycles. The van der Waals surface area contributed by atoms with E-state index in [2.05, 4.69) is 0 Å². The minimum atomic E-state index is -4.11. The molecule has 0 N–H and O–H groups in total. The molecule has 0 radical (unpaired) electrons. The molecule has 0 atom stereocenters. The van der Waals surface area contributed by atoms with Gasteiger partial charge in [0.2, 0.25) is 0 Å². The van der Waals surface area contributed by atoms with Crippen LogP contribution in [0.1, 0.15) is 28.8 Å². The highest BCUT2D eigenvalue weighted by atomic mass is 32.2. The maximum absolute atomic E-state index is 13.0. The van der Waals surface area contributed by atoms with Gasteiger partial charge < -0.3 is 9.08 Å². The van der Waals surface area contributed by atoms with Gasteiger partial charge in [-0.15, -0.1) is 0 Å². The molecule has 10 heteroatoms. The fourth-order valence-corrected chi connectivity index (χ4v) is 4.20. The van der Waals surface area contributed by atoms with Crippen molar-refractivity contribution in [2.75, 3.05) is 0 Å². The van der Waals surface area contributed by atoms with Gasteiger partial charge in [0.1, 0.15) is 16.5 Å². The first kappa shape index (κ1) is 22.4. The van der Waals surface area contributed by atoms with Crippen molar-refractivity contribution >= 4 is 21.7 Å². The number of hydrogen-bond acceptors (Lipinski definition) is 6. The van der Waals surface area contributed by atoms with Gasteiger partial charge in [-0.25, -0.2) is 4.39 Å². The van der Waals surface area contributed by atoms with E-state index >= 15 is 0 Å². The molecule has 0 saturated heterocycles. The molecule has 0 heterocycles. The zero-order valence-electron chi connectivity index (χ0n) is 17.3. The summed E-state index contributed by atoms with van der Waals surface area (Å²) in [6, 6.07) is 16.2. The highest BCUT2D eigenvalue weighted by Crippen LogP contribution is 2.30. The molecule has 0 aliphatic heterocycles. The van der Waals surface area contributed by atoms with Gasteiger partial charge >= 0.3 is 10.1 Å². The molecule has 0 spiro atoms. The molecule has 0 unspecified atom stereocenters. The summed E-state index contributed by atoms with van der Waals surface area (Å²) in [5.41, 5.74) is 1.04. The Balaban J connectivity index is 1.46.